The first-order valence-corrected chi connectivity index (χ1v) is 12.2. The molecule has 2 aromatic carbocycles. The Kier molecular flexibility index (Phi) is 7.48. The van der Waals surface area contributed by atoms with Crippen LogP contribution >= 0.6 is 22.9 Å². The molecule has 0 fully saturated rings. The van der Waals surface area contributed by atoms with E-state index in [1.807, 2.05) is 30.3 Å². The Morgan fingerprint density at radius 1 is 1.06 bits per heavy atom. The SMILES string of the molecule is COC(=O)c1sc(-c2ccccc2)cc1NC(=O)CCCS(=O)(=O)c1ccc(Cl)cc1. The van der Waals surface area contributed by atoms with Crippen LogP contribution < -0.4 is 5.32 Å². The maximum absolute atomic E-state index is 12.4. The smallest absolute Gasteiger partial charge is 0.350 e. The Morgan fingerprint density at radius 2 is 1.74 bits per heavy atom. The molecule has 3 rings (SSSR count). The molecule has 162 valence electrons. The van der Waals surface area contributed by atoms with E-state index in [2.05, 4.69) is 5.32 Å². The Labute approximate surface area is 189 Å². The van der Waals surface area contributed by atoms with E-state index in [1.54, 1.807) is 6.07 Å². The summed E-state index contributed by atoms with van der Waals surface area (Å²) in [5.74, 6) is -1.10. The van der Waals surface area contributed by atoms with Gasteiger partial charge in [-0.1, -0.05) is 41.9 Å². The number of halogens is 1. The number of hydrogen-bond acceptors (Lipinski definition) is 6. The minimum atomic E-state index is -3.51. The third-order valence-corrected chi connectivity index (χ3v) is 7.66. The summed E-state index contributed by atoms with van der Waals surface area (Å²) in [7, 11) is -2.24. The van der Waals surface area contributed by atoms with Crippen molar-refractivity contribution in [2.45, 2.75) is 17.7 Å². The zero-order valence-corrected chi connectivity index (χ0v) is 19.0. The fourth-order valence-corrected chi connectivity index (χ4v) is 5.34. The zero-order valence-electron chi connectivity index (χ0n) is 16.6. The largest absolute Gasteiger partial charge is 0.465 e. The highest BCUT2D eigenvalue weighted by Crippen LogP contribution is 2.35. The highest BCUT2D eigenvalue weighted by Gasteiger charge is 2.20. The van der Waals surface area contributed by atoms with Crippen molar-refractivity contribution < 1.29 is 22.7 Å². The highest BCUT2D eigenvalue weighted by molar-refractivity contribution is 7.91. The molecule has 1 aromatic heterocycles. The van der Waals surface area contributed by atoms with Crippen LogP contribution in [0.1, 0.15) is 22.5 Å². The minimum Gasteiger partial charge on any atom is -0.465 e. The molecule has 0 unspecified atom stereocenters. The first kappa shape index (κ1) is 23.0. The van der Waals surface area contributed by atoms with Gasteiger partial charge in [0.05, 0.1) is 23.4 Å². The molecule has 0 saturated carbocycles. The fourth-order valence-electron chi connectivity index (χ4n) is 2.87. The summed E-state index contributed by atoms with van der Waals surface area (Å²) in [5.41, 5.74) is 1.26. The van der Waals surface area contributed by atoms with Crippen molar-refractivity contribution in [2.75, 3.05) is 18.2 Å². The summed E-state index contributed by atoms with van der Waals surface area (Å²) < 4.78 is 29.6. The number of hydrogen-bond donors (Lipinski definition) is 1. The predicted molar refractivity (Wildman–Crippen MR) is 122 cm³/mol. The first-order valence-electron chi connectivity index (χ1n) is 9.36. The van der Waals surface area contributed by atoms with Crippen molar-refractivity contribution in [3.8, 4) is 10.4 Å². The number of amides is 1. The van der Waals surface area contributed by atoms with E-state index >= 15 is 0 Å². The molecule has 0 saturated heterocycles. The van der Waals surface area contributed by atoms with Gasteiger partial charge in [0.15, 0.2) is 9.84 Å². The molecule has 1 N–H and O–H groups in total. The summed E-state index contributed by atoms with van der Waals surface area (Å²) in [4.78, 5) is 25.8. The first-order chi connectivity index (χ1) is 14.8. The van der Waals surface area contributed by atoms with Crippen LogP contribution in [-0.2, 0) is 19.4 Å². The van der Waals surface area contributed by atoms with Crippen LogP contribution in [0.15, 0.2) is 65.6 Å². The number of carbonyl (C=O) groups excluding carboxylic acids is 2. The lowest BCUT2D eigenvalue weighted by Crippen LogP contribution is -2.15. The molecule has 0 radical (unpaired) electrons. The molecule has 0 bridgehead atoms. The number of benzene rings is 2. The maximum atomic E-state index is 12.4. The van der Waals surface area contributed by atoms with Crippen molar-refractivity contribution >= 4 is 50.3 Å². The standard InChI is InChI=1S/C22H20ClNO5S2/c1-29-22(26)21-18(14-19(30-21)15-6-3-2-4-7-15)24-20(25)8-5-13-31(27,28)17-11-9-16(23)10-12-17/h2-4,6-7,9-12,14H,5,8,13H2,1H3,(H,24,25). The number of ether oxygens (including phenoxy) is 1. The summed E-state index contributed by atoms with van der Waals surface area (Å²) in [6.45, 7) is 0. The second-order valence-corrected chi connectivity index (χ2v) is 10.2. The Morgan fingerprint density at radius 3 is 2.39 bits per heavy atom. The van der Waals surface area contributed by atoms with Gasteiger partial charge in [-0.05, 0) is 42.3 Å². The van der Waals surface area contributed by atoms with Crippen LogP contribution in [0.5, 0.6) is 0 Å². The molecule has 3 aromatic rings. The Hall–Kier alpha value is -2.68. The van der Waals surface area contributed by atoms with Crippen LogP contribution in [0.2, 0.25) is 5.02 Å². The van der Waals surface area contributed by atoms with Crippen LogP contribution in [0.4, 0.5) is 5.69 Å². The van der Waals surface area contributed by atoms with E-state index in [0.29, 0.717) is 10.7 Å². The van der Waals surface area contributed by atoms with Gasteiger partial charge in [-0.2, -0.15) is 0 Å². The molecule has 6 nitrogen and oxygen atoms in total. The molecule has 0 atom stereocenters. The lowest BCUT2D eigenvalue weighted by atomic mass is 10.2. The number of carbonyl (C=O) groups is 2. The summed E-state index contributed by atoms with van der Waals surface area (Å²) in [6.07, 6.45) is 0.129. The average molecular weight is 478 g/mol. The van der Waals surface area contributed by atoms with E-state index in [1.165, 1.54) is 42.7 Å². The lowest BCUT2D eigenvalue weighted by Gasteiger charge is -2.07. The zero-order chi connectivity index (χ0) is 22.4. The predicted octanol–water partition coefficient (Wildman–Crippen LogP) is 5.05. The fraction of sp³-hybridized carbons (Fsp3) is 0.182. The van der Waals surface area contributed by atoms with Crippen LogP contribution in [0.25, 0.3) is 10.4 Å². The van der Waals surface area contributed by atoms with E-state index in [0.717, 1.165) is 10.4 Å². The number of anilines is 1. The third-order valence-electron chi connectivity index (χ3n) is 4.42. The quantitative estimate of drug-likeness (QED) is 0.458. The number of methoxy groups -OCH3 is 1. The third kappa shape index (κ3) is 5.94. The van der Waals surface area contributed by atoms with Gasteiger partial charge >= 0.3 is 5.97 Å². The summed E-state index contributed by atoms with van der Waals surface area (Å²) in [6, 6.07) is 17.1. The lowest BCUT2D eigenvalue weighted by molar-refractivity contribution is -0.116. The van der Waals surface area contributed by atoms with E-state index in [4.69, 9.17) is 16.3 Å². The van der Waals surface area contributed by atoms with Gasteiger partial charge in [0, 0.05) is 16.3 Å². The van der Waals surface area contributed by atoms with Gasteiger partial charge in [0.1, 0.15) is 4.88 Å². The molecule has 1 heterocycles. The molecule has 0 aliphatic rings. The number of nitrogens with one attached hydrogen (secondary N) is 1. The van der Waals surface area contributed by atoms with E-state index in [-0.39, 0.29) is 34.3 Å². The second-order valence-electron chi connectivity index (χ2n) is 6.64. The van der Waals surface area contributed by atoms with Gasteiger partial charge < -0.3 is 10.1 Å². The monoisotopic (exact) mass is 477 g/mol. The van der Waals surface area contributed by atoms with Crippen LogP contribution in [0, 0.1) is 0 Å². The minimum absolute atomic E-state index is 0.00997. The number of sulfone groups is 1. The molecular weight excluding hydrogens is 458 g/mol. The van der Waals surface area contributed by atoms with E-state index < -0.39 is 15.8 Å². The van der Waals surface area contributed by atoms with Gasteiger partial charge in [0.2, 0.25) is 5.91 Å². The van der Waals surface area contributed by atoms with Gasteiger partial charge in [-0.25, -0.2) is 13.2 Å². The normalized spacial score (nSPS) is 11.2. The number of esters is 1. The molecule has 31 heavy (non-hydrogen) atoms. The van der Waals surface area contributed by atoms with E-state index in [9.17, 15) is 18.0 Å². The van der Waals surface area contributed by atoms with Crippen LogP contribution in [0.3, 0.4) is 0 Å². The van der Waals surface area contributed by atoms with Crippen molar-refractivity contribution in [1.29, 1.82) is 0 Å². The van der Waals surface area contributed by atoms with Gasteiger partial charge in [0.25, 0.3) is 0 Å². The number of thiophene rings is 1. The summed E-state index contributed by atoms with van der Waals surface area (Å²) in [5, 5.41) is 3.16. The second kappa shape index (κ2) is 10.1. The molecular formula is C22H20ClNO5S2. The highest BCUT2D eigenvalue weighted by atomic mass is 35.5. The van der Waals surface area contributed by atoms with Crippen molar-refractivity contribution in [3.63, 3.8) is 0 Å². The molecule has 0 spiro atoms. The Balaban J connectivity index is 1.66. The van der Waals surface area contributed by atoms with Gasteiger partial charge in [-0.15, -0.1) is 11.3 Å². The maximum Gasteiger partial charge on any atom is 0.350 e. The topological polar surface area (TPSA) is 89.5 Å². The van der Waals surface area contributed by atoms with Crippen molar-refractivity contribution in [1.82, 2.24) is 0 Å². The van der Waals surface area contributed by atoms with Gasteiger partial charge in [-0.3, -0.25) is 4.79 Å². The molecule has 0 aliphatic carbocycles. The summed E-state index contributed by atoms with van der Waals surface area (Å²) >= 11 is 7.01. The average Bonchev–Trinajstić information content (AvgIpc) is 3.17. The van der Waals surface area contributed by atoms with Crippen molar-refractivity contribution in [3.05, 3.63) is 70.6 Å². The molecule has 9 heteroatoms. The molecule has 1 amide bonds. The Bertz CT molecular complexity index is 1170. The van der Waals surface area contributed by atoms with Crippen molar-refractivity contribution in [2.24, 2.45) is 0 Å². The molecule has 0 aliphatic heterocycles. The number of rotatable bonds is 8. The van der Waals surface area contributed by atoms with Crippen LogP contribution in [-0.4, -0.2) is 33.2 Å².